The lowest BCUT2D eigenvalue weighted by Gasteiger charge is -2.48. The van der Waals surface area contributed by atoms with E-state index in [0.717, 1.165) is 19.0 Å². The molecule has 12 heteroatoms. The van der Waals surface area contributed by atoms with E-state index in [1.54, 1.807) is 7.11 Å². The number of anilines is 2. The Bertz CT molecular complexity index is 1150. The number of pyridine rings is 1. The van der Waals surface area contributed by atoms with Crippen molar-refractivity contribution in [1.29, 1.82) is 0 Å². The highest BCUT2D eigenvalue weighted by Crippen LogP contribution is 2.43. The number of aromatic nitrogens is 1. The number of benzene rings is 1. The van der Waals surface area contributed by atoms with Crippen molar-refractivity contribution in [1.82, 2.24) is 9.88 Å². The van der Waals surface area contributed by atoms with Crippen molar-refractivity contribution in [3.63, 3.8) is 0 Å². The molecule has 32 heavy (non-hydrogen) atoms. The lowest BCUT2D eigenvalue weighted by atomic mass is 9.84. The van der Waals surface area contributed by atoms with E-state index in [-0.39, 0.29) is 27.6 Å². The Labute approximate surface area is 195 Å². The predicted octanol–water partition coefficient (Wildman–Crippen LogP) is 3.77. The summed E-state index contributed by atoms with van der Waals surface area (Å²) in [5.41, 5.74) is -0.146. The summed E-state index contributed by atoms with van der Waals surface area (Å²) in [6.07, 6.45) is 1.71. The summed E-state index contributed by atoms with van der Waals surface area (Å²) in [6, 6.07) is 5.11. The standard InChI is InChI=1S/C20H22Cl2F2N4O3S/c1-27-8-6-14(27)20(31-2)7-9-28(11-20)13-10-12(21)19(18(24)17(13)22)32(29,30)26-16-5-3-4-15(23)25-16/h3-5,10,14H,6-9,11H2,1-2H3,(H,25,26)/t14-,20-/m0/s1. The van der Waals surface area contributed by atoms with Crippen LogP contribution < -0.4 is 9.62 Å². The van der Waals surface area contributed by atoms with Crippen LogP contribution in [0.25, 0.3) is 0 Å². The molecule has 4 rings (SSSR count). The molecule has 1 aromatic heterocycles. The molecule has 0 unspecified atom stereocenters. The van der Waals surface area contributed by atoms with Crippen LogP contribution in [0.4, 0.5) is 20.3 Å². The van der Waals surface area contributed by atoms with Gasteiger partial charge in [0.1, 0.15) is 21.3 Å². The summed E-state index contributed by atoms with van der Waals surface area (Å²) in [4.78, 5) is 6.67. The third kappa shape index (κ3) is 4.03. The first-order valence-electron chi connectivity index (χ1n) is 9.91. The van der Waals surface area contributed by atoms with E-state index in [1.807, 2.05) is 16.7 Å². The van der Waals surface area contributed by atoms with E-state index < -0.39 is 32.3 Å². The molecule has 1 aromatic carbocycles. The van der Waals surface area contributed by atoms with E-state index in [4.69, 9.17) is 27.9 Å². The van der Waals surface area contributed by atoms with Crippen LogP contribution in [0.3, 0.4) is 0 Å². The topological polar surface area (TPSA) is 74.8 Å². The molecule has 2 atom stereocenters. The lowest BCUT2D eigenvalue weighted by Crippen LogP contribution is -2.61. The van der Waals surface area contributed by atoms with Crippen molar-refractivity contribution < 1.29 is 21.9 Å². The number of methoxy groups -OCH3 is 1. The number of halogens is 4. The van der Waals surface area contributed by atoms with Crippen LogP contribution in [0.5, 0.6) is 0 Å². The number of ether oxygens (including phenoxy) is 1. The number of likely N-dealkylation sites (tertiary alicyclic amines) is 1. The average molecular weight is 507 g/mol. The second-order valence-corrected chi connectivity index (χ2v) is 10.4. The summed E-state index contributed by atoms with van der Waals surface area (Å²) < 4.78 is 62.0. The molecular formula is C20H22Cl2F2N4O3S. The van der Waals surface area contributed by atoms with Crippen LogP contribution in [0.15, 0.2) is 29.2 Å². The van der Waals surface area contributed by atoms with Gasteiger partial charge in [-0.2, -0.15) is 4.39 Å². The Hall–Kier alpha value is -1.72. The fourth-order valence-electron chi connectivity index (χ4n) is 4.46. The van der Waals surface area contributed by atoms with Crippen LogP contribution in [0.1, 0.15) is 12.8 Å². The molecule has 0 amide bonds. The minimum absolute atomic E-state index is 0.235. The molecule has 2 aliphatic rings. The third-order valence-electron chi connectivity index (χ3n) is 6.23. The molecule has 0 saturated carbocycles. The zero-order valence-electron chi connectivity index (χ0n) is 17.4. The van der Waals surface area contributed by atoms with Crippen molar-refractivity contribution in [2.75, 3.05) is 43.4 Å². The van der Waals surface area contributed by atoms with E-state index in [0.29, 0.717) is 19.5 Å². The lowest BCUT2D eigenvalue weighted by molar-refractivity contribution is -0.0937. The highest BCUT2D eigenvalue weighted by molar-refractivity contribution is 7.92. The smallest absolute Gasteiger partial charge is 0.267 e. The third-order valence-corrected chi connectivity index (χ3v) is 8.41. The van der Waals surface area contributed by atoms with Gasteiger partial charge < -0.3 is 14.5 Å². The fraction of sp³-hybridized carbons (Fsp3) is 0.450. The molecule has 2 fully saturated rings. The van der Waals surface area contributed by atoms with E-state index in [1.165, 1.54) is 18.2 Å². The Morgan fingerprint density at radius 2 is 2.03 bits per heavy atom. The van der Waals surface area contributed by atoms with Crippen molar-refractivity contribution in [3.05, 3.63) is 46.1 Å². The fourth-order valence-corrected chi connectivity index (χ4v) is 6.42. The molecule has 0 spiro atoms. The first-order valence-corrected chi connectivity index (χ1v) is 12.1. The Kier molecular flexibility index (Phi) is 6.28. The molecule has 2 saturated heterocycles. The highest BCUT2D eigenvalue weighted by atomic mass is 35.5. The maximum absolute atomic E-state index is 15.2. The summed E-state index contributed by atoms with van der Waals surface area (Å²) in [7, 11) is -0.829. The van der Waals surface area contributed by atoms with E-state index in [2.05, 4.69) is 9.88 Å². The first kappa shape index (κ1) is 23.4. The van der Waals surface area contributed by atoms with Crippen molar-refractivity contribution in [2.24, 2.45) is 0 Å². The van der Waals surface area contributed by atoms with Gasteiger partial charge in [-0.15, -0.1) is 0 Å². The van der Waals surface area contributed by atoms with Gasteiger partial charge in [0.05, 0.1) is 10.7 Å². The van der Waals surface area contributed by atoms with E-state index >= 15 is 4.39 Å². The highest BCUT2D eigenvalue weighted by Gasteiger charge is 2.50. The minimum Gasteiger partial charge on any atom is -0.375 e. The maximum Gasteiger partial charge on any atom is 0.267 e. The molecule has 7 nitrogen and oxygen atoms in total. The van der Waals surface area contributed by atoms with Crippen molar-refractivity contribution in [2.45, 2.75) is 29.4 Å². The number of nitrogens with zero attached hydrogens (tertiary/aromatic N) is 3. The number of nitrogens with one attached hydrogen (secondary N) is 1. The number of hydrogen-bond acceptors (Lipinski definition) is 6. The summed E-state index contributed by atoms with van der Waals surface area (Å²) in [6.45, 7) is 1.99. The van der Waals surface area contributed by atoms with E-state index in [9.17, 15) is 12.8 Å². The molecular weight excluding hydrogens is 485 g/mol. The Morgan fingerprint density at radius 1 is 1.28 bits per heavy atom. The van der Waals surface area contributed by atoms with Crippen LogP contribution in [-0.2, 0) is 14.8 Å². The minimum atomic E-state index is -4.52. The van der Waals surface area contributed by atoms with Crippen LogP contribution in [0, 0.1) is 11.8 Å². The summed E-state index contributed by atoms with van der Waals surface area (Å²) >= 11 is 12.5. The molecule has 2 aromatic rings. The normalized spacial score (nSPS) is 23.9. The quantitative estimate of drug-likeness (QED) is 0.474. The largest absolute Gasteiger partial charge is 0.375 e. The van der Waals surface area contributed by atoms with Crippen LogP contribution >= 0.6 is 23.2 Å². The molecule has 3 heterocycles. The van der Waals surface area contributed by atoms with Gasteiger partial charge in [-0.05, 0) is 44.6 Å². The predicted molar refractivity (Wildman–Crippen MR) is 119 cm³/mol. The average Bonchev–Trinajstić information content (AvgIpc) is 3.13. The zero-order chi connectivity index (χ0) is 23.3. The summed E-state index contributed by atoms with van der Waals surface area (Å²) in [5.74, 6) is -2.39. The Balaban J connectivity index is 1.65. The monoisotopic (exact) mass is 506 g/mol. The maximum atomic E-state index is 15.2. The molecule has 0 aliphatic carbocycles. The number of hydrogen-bond donors (Lipinski definition) is 1. The number of likely N-dealkylation sites (N-methyl/N-ethyl adjacent to an activating group) is 1. The van der Waals surface area contributed by atoms with Gasteiger partial charge in [-0.1, -0.05) is 29.3 Å². The van der Waals surface area contributed by atoms with Gasteiger partial charge in [-0.25, -0.2) is 17.8 Å². The van der Waals surface area contributed by atoms with Gasteiger partial charge in [0.15, 0.2) is 5.82 Å². The summed E-state index contributed by atoms with van der Waals surface area (Å²) in [5, 5.41) is -0.711. The first-order chi connectivity index (χ1) is 15.1. The van der Waals surface area contributed by atoms with Gasteiger partial charge in [0.25, 0.3) is 10.0 Å². The Morgan fingerprint density at radius 3 is 2.62 bits per heavy atom. The second kappa shape index (κ2) is 8.57. The molecule has 0 radical (unpaired) electrons. The zero-order valence-corrected chi connectivity index (χ0v) is 19.7. The van der Waals surface area contributed by atoms with Crippen LogP contribution in [-0.4, -0.2) is 63.7 Å². The molecule has 0 bridgehead atoms. The molecule has 174 valence electrons. The van der Waals surface area contributed by atoms with Gasteiger partial charge in [0.2, 0.25) is 5.95 Å². The number of sulfonamides is 1. The SMILES string of the molecule is CO[C@@]1([C@@H]2CCN2C)CCN(c2cc(Cl)c(S(=O)(=O)Nc3cccc(F)n3)c(F)c2Cl)C1. The molecule has 1 N–H and O–H groups in total. The van der Waals surface area contributed by atoms with Gasteiger partial charge >= 0.3 is 0 Å². The van der Waals surface area contributed by atoms with Gasteiger partial charge in [0, 0.05) is 26.2 Å². The molecule has 2 aliphatic heterocycles. The van der Waals surface area contributed by atoms with Crippen LogP contribution in [0.2, 0.25) is 10.0 Å². The van der Waals surface area contributed by atoms with Crippen molar-refractivity contribution >= 4 is 44.7 Å². The number of rotatable bonds is 6. The van der Waals surface area contributed by atoms with Gasteiger partial charge in [-0.3, -0.25) is 4.72 Å². The van der Waals surface area contributed by atoms with Crippen molar-refractivity contribution in [3.8, 4) is 0 Å². The second-order valence-electron chi connectivity index (χ2n) is 8.01.